The van der Waals surface area contributed by atoms with E-state index in [9.17, 15) is 0 Å². The molecule has 100 valence electrons. The van der Waals surface area contributed by atoms with E-state index in [0.717, 1.165) is 22.4 Å². The zero-order valence-electron chi connectivity index (χ0n) is 11.5. The van der Waals surface area contributed by atoms with Gasteiger partial charge < -0.3 is 5.73 Å². The number of hydrogen-bond acceptors (Lipinski definition) is 3. The lowest BCUT2D eigenvalue weighted by Crippen LogP contribution is -1.90. The maximum atomic E-state index is 6.01. The zero-order chi connectivity index (χ0) is 14.1. The van der Waals surface area contributed by atoms with Crippen LogP contribution in [0.2, 0.25) is 0 Å². The van der Waals surface area contributed by atoms with Gasteiger partial charge >= 0.3 is 0 Å². The molecule has 0 saturated carbocycles. The Morgan fingerprint density at radius 1 is 1.05 bits per heavy atom. The number of pyridine rings is 1. The van der Waals surface area contributed by atoms with Crippen LogP contribution in [0.4, 0.5) is 5.82 Å². The summed E-state index contributed by atoms with van der Waals surface area (Å²) in [6, 6.07) is 10.2. The molecular weight excluding hydrogens is 248 g/mol. The average molecular weight is 264 g/mol. The Hall–Kier alpha value is -2.62. The van der Waals surface area contributed by atoms with Crippen LogP contribution in [0.25, 0.3) is 22.4 Å². The predicted octanol–water partition coefficient (Wildman–Crippen LogP) is 3.34. The van der Waals surface area contributed by atoms with E-state index in [2.05, 4.69) is 47.2 Å². The van der Waals surface area contributed by atoms with Crippen molar-refractivity contribution in [2.45, 2.75) is 13.8 Å². The van der Waals surface area contributed by atoms with Crippen molar-refractivity contribution in [2.24, 2.45) is 0 Å². The summed E-state index contributed by atoms with van der Waals surface area (Å²) in [5.41, 5.74) is 12.4. The predicted molar refractivity (Wildman–Crippen MR) is 81.1 cm³/mol. The van der Waals surface area contributed by atoms with Crippen LogP contribution < -0.4 is 5.73 Å². The number of aromatic amines is 1. The van der Waals surface area contributed by atoms with Crippen LogP contribution in [0.1, 0.15) is 11.1 Å². The molecule has 2 heterocycles. The molecule has 0 aliphatic carbocycles. The minimum atomic E-state index is 0.492. The molecule has 3 rings (SSSR count). The van der Waals surface area contributed by atoms with Crippen LogP contribution in [-0.4, -0.2) is 15.2 Å². The molecule has 0 fully saturated rings. The Bertz CT molecular complexity index is 744. The van der Waals surface area contributed by atoms with E-state index in [4.69, 9.17) is 5.73 Å². The van der Waals surface area contributed by atoms with Crippen molar-refractivity contribution in [1.82, 2.24) is 15.2 Å². The molecule has 4 heteroatoms. The fourth-order valence-corrected chi connectivity index (χ4v) is 2.26. The second kappa shape index (κ2) is 4.81. The lowest BCUT2D eigenvalue weighted by atomic mass is 9.99. The minimum Gasteiger partial charge on any atom is -0.382 e. The van der Waals surface area contributed by atoms with Crippen molar-refractivity contribution in [1.29, 1.82) is 0 Å². The number of aryl methyl sites for hydroxylation is 2. The molecular formula is C16H16N4. The maximum absolute atomic E-state index is 6.01. The Morgan fingerprint density at radius 2 is 1.90 bits per heavy atom. The monoisotopic (exact) mass is 264 g/mol. The van der Waals surface area contributed by atoms with Crippen molar-refractivity contribution < 1.29 is 0 Å². The third kappa shape index (κ3) is 2.05. The van der Waals surface area contributed by atoms with Gasteiger partial charge in [0.25, 0.3) is 0 Å². The SMILES string of the molecule is Cc1ccc(-c2[nH]nc(N)c2-c2cccnc2)cc1C. The zero-order valence-corrected chi connectivity index (χ0v) is 11.5. The van der Waals surface area contributed by atoms with E-state index in [1.54, 1.807) is 12.4 Å². The summed E-state index contributed by atoms with van der Waals surface area (Å²) in [7, 11) is 0. The summed E-state index contributed by atoms with van der Waals surface area (Å²) in [6.45, 7) is 4.20. The van der Waals surface area contributed by atoms with Gasteiger partial charge in [0.05, 0.1) is 11.3 Å². The molecule has 0 atom stereocenters. The van der Waals surface area contributed by atoms with Gasteiger partial charge in [-0.15, -0.1) is 0 Å². The number of rotatable bonds is 2. The number of hydrogen-bond donors (Lipinski definition) is 2. The normalized spacial score (nSPS) is 10.7. The van der Waals surface area contributed by atoms with Crippen LogP contribution in [0, 0.1) is 13.8 Å². The van der Waals surface area contributed by atoms with Gasteiger partial charge in [-0.2, -0.15) is 5.10 Å². The molecule has 0 saturated heterocycles. The van der Waals surface area contributed by atoms with E-state index in [0.29, 0.717) is 5.82 Å². The third-order valence-corrected chi connectivity index (χ3v) is 3.54. The van der Waals surface area contributed by atoms with Gasteiger partial charge in [0.1, 0.15) is 0 Å². The van der Waals surface area contributed by atoms with Gasteiger partial charge in [-0.1, -0.05) is 18.2 Å². The van der Waals surface area contributed by atoms with Gasteiger partial charge in [0.2, 0.25) is 0 Å². The fourth-order valence-electron chi connectivity index (χ4n) is 2.26. The van der Waals surface area contributed by atoms with Gasteiger partial charge in [-0.25, -0.2) is 0 Å². The number of anilines is 1. The first-order valence-corrected chi connectivity index (χ1v) is 6.48. The number of nitrogens with zero attached hydrogens (tertiary/aromatic N) is 2. The fraction of sp³-hybridized carbons (Fsp3) is 0.125. The van der Waals surface area contributed by atoms with Crippen molar-refractivity contribution in [3.8, 4) is 22.4 Å². The van der Waals surface area contributed by atoms with Crippen molar-refractivity contribution >= 4 is 5.82 Å². The van der Waals surface area contributed by atoms with E-state index in [1.807, 2.05) is 12.1 Å². The smallest absolute Gasteiger partial charge is 0.153 e. The molecule has 0 bridgehead atoms. The second-order valence-corrected chi connectivity index (χ2v) is 4.90. The summed E-state index contributed by atoms with van der Waals surface area (Å²) < 4.78 is 0. The number of H-pyrrole nitrogens is 1. The van der Waals surface area contributed by atoms with Crippen LogP contribution in [0.3, 0.4) is 0 Å². The summed E-state index contributed by atoms with van der Waals surface area (Å²) >= 11 is 0. The van der Waals surface area contributed by atoms with Gasteiger partial charge in [-0.3, -0.25) is 10.1 Å². The highest BCUT2D eigenvalue weighted by atomic mass is 15.2. The number of nitrogens with two attached hydrogens (primary N) is 1. The Kier molecular flexibility index (Phi) is 2.99. The second-order valence-electron chi connectivity index (χ2n) is 4.90. The molecule has 4 nitrogen and oxygen atoms in total. The number of aromatic nitrogens is 3. The van der Waals surface area contributed by atoms with Crippen LogP contribution in [-0.2, 0) is 0 Å². The van der Waals surface area contributed by atoms with E-state index >= 15 is 0 Å². The Labute approximate surface area is 117 Å². The summed E-state index contributed by atoms with van der Waals surface area (Å²) in [5.74, 6) is 0.492. The first kappa shape index (κ1) is 12.4. The number of benzene rings is 1. The summed E-state index contributed by atoms with van der Waals surface area (Å²) in [6.07, 6.45) is 3.54. The van der Waals surface area contributed by atoms with E-state index in [1.165, 1.54) is 11.1 Å². The topological polar surface area (TPSA) is 67.6 Å². The largest absolute Gasteiger partial charge is 0.382 e. The van der Waals surface area contributed by atoms with Crippen molar-refractivity contribution in [3.05, 3.63) is 53.9 Å². The first-order valence-electron chi connectivity index (χ1n) is 6.48. The van der Waals surface area contributed by atoms with Gasteiger partial charge in [-0.05, 0) is 37.1 Å². The van der Waals surface area contributed by atoms with Crippen LogP contribution in [0.5, 0.6) is 0 Å². The first-order chi connectivity index (χ1) is 9.66. The minimum absolute atomic E-state index is 0.492. The van der Waals surface area contributed by atoms with E-state index in [-0.39, 0.29) is 0 Å². The van der Waals surface area contributed by atoms with E-state index < -0.39 is 0 Å². The molecule has 0 spiro atoms. The van der Waals surface area contributed by atoms with Crippen LogP contribution in [0.15, 0.2) is 42.7 Å². The number of nitrogens with one attached hydrogen (secondary N) is 1. The molecule has 3 aromatic rings. The molecule has 0 amide bonds. The highest BCUT2D eigenvalue weighted by Gasteiger charge is 2.15. The highest BCUT2D eigenvalue weighted by Crippen LogP contribution is 2.34. The molecule has 3 N–H and O–H groups in total. The molecule has 0 aliphatic heterocycles. The molecule has 0 aliphatic rings. The van der Waals surface area contributed by atoms with Gasteiger partial charge in [0.15, 0.2) is 5.82 Å². The Morgan fingerprint density at radius 3 is 2.60 bits per heavy atom. The molecule has 20 heavy (non-hydrogen) atoms. The lowest BCUT2D eigenvalue weighted by molar-refractivity contribution is 1.10. The molecule has 0 radical (unpaired) electrons. The summed E-state index contributed by atoms with van der Waals surface area (Å²) in [4.78, 5) is 4.15. The Balaban J connectivity index is 2.18. The average Bonchev–Trinajstić information content (AvgIpc) is 2.85. The standard InChI is InChI=1S/C16H16N4/c1-10-5-6-12(8-11(10)2)15-14(16(17)20-19-15)13-4-3-7-18-9-13/h3-9H,1-2H3,(H3,17,19,20). The molecule has 2 aromatic heterocycles. The molecule has 0 unspecified atom stereocenters. The quantitative estimate of drug-likeness (QED) is 0.746. The molecule has 1 aromatic carbocycles. The maximum Gasteiger partial charge on any atom is 0.153 e. The highest BCUT2D eigenvalue weighted by molar-refractivity contribution is 5.87. The van der Waals surface area contributed by atoms with Crippen molar-refractivity contribution in [2.75, 3.05) is 5.73 Å². The van der Waals surface area contributed by atoms with Crippen LogP contribution >= 0.6 is 0 Å². The summed E-state index contributed by atoms with van der Waals surface area (Å²) in [5, 5.41) is 7.18. The third-order valence-electron chi connectivity index (χ3n) is 3.54. The lowest BCUT2D eigenvalue weighted by Gasteiger charge is -2.07. The van der Waals surface area contributed by atoms with Gasteiger partial charge in [0, 0.05) is 23.5 Å². The number of nitrogen functional groups attached to an aromatic ring is 1. The van der Waals surface area contributed by atoms with Crippen molar-refractivity contribution in [3.63, 3.8) is 0 Å².